The summed E-state index contributed by atoms with van der Waals surface area (Å²) >= 11 is 0. The lowest BCUT2D eigenvalue weighted by Crippen LogP contribution is -2.49. The number of hydrogen-bond donors (Lipinski definition) is 1. The predicted octanol–water partition coefficient (Wildman–Crippen LogP) is 1.03. The zero-order valence-corrected chi connectivity index (χ0v) is 17.5. The number of likely N-dealkylation sites (tertiary alicyclic amines) is 2. The van der Waals surface area contributed by atoms with Crippen LogP contribution >= 0.6 is 0 Å². The quantitative estimate of drug-likeness (QED) is 0.748. The number of furan rings is 1. The first-order valence-corrected chi connectivity index (χ1v) is 11.1. The molecule has 3 aliphatic rings. The molecule has 164 valence electrons. The number of piperidine rings is 1. The molecule has 5 rings (SSSR count). The summed E-state index contributed by atoms with van der Waals surface area (Å²) in [5.74, 6) is 1.22. The SMILES string of the molecule is O=C(NCCN1C[C@H]2C[C@@H](C1)c1cccc(=O)n1C2)C1CC(=O)N(Cc2ccco2)C1. The highest BCUT2D eigenvalue weighted by Gasteiger charge is 2.36. The largest absolute Gasteiger partial charge is 0.467 e. The second-order valence-corrected chi connectivity index (χ2v) is 9.00. The summed E-state index contributed by atoms with van der Waals surface area (Å²) in [6.45, 7) is 4.85. The number of fused-ring (bicyclic) bond motifs is 4. The van der Waals surface area contributed by atoms with Gasteiger partial charge >= 0.3 is 0 Å². The first-order valence-electron chi connectivity index (χ1n) is 11.1. The van der Waals surface area contributed by atoms with Gasteiger partial charge in [-0.2, -0.15) is 0 Å². The summed E-state index contributed by atoms with van der Waals surface area (Å²) in [6.07, 6.45) is 2.97. The van der Waals surface area contributed by atoms with Crippen LogP contribution in [-0.4, -0.2) is 58.9 Å². The van der Waals surface area contributed by atoms with E-state index in [1.807, 2.05) is 16.7 Å². The van der Waals surface area contributed by atoms with Crippen molar-refractivity contribution in [3.05, 3.63) is 58.4 Å². The fraction of sp³-hybridized carbons (Fsp3) is 0.522. The average molecular weight is 425 g/mol. The van der Waals surface area contributed by atoms with Crippen molar-refractivity contribution < 1.29 is 14.0 Å². The predicted molar refractivity (Wildman–Crippen MR) is 113 cm³/mol. The Balaban J connectivity index is 1.11. The van der Waals surface area contributed by atoms with Crippen molar-refractivity contribution in [1.29, 1.82) is 0 Å². The van der Waals surface area contributed by atoms with Gasteiger partial charge in [0.05, 0.1) is 18.7 Å². The number of nitrogens with one attached hydrogen (secondary N) is 1. The van der Waals surface area contributed by atoms with Crippen LogP contribution in [0.15, 0.2) is 45.8 Å². The molecule has 0 saturated carbocycles. The summed E-state index contributed by atoms with van der Waals surface area (Å²) in [4.78, 5) is 41.1. The minimum Gasteiger partial charge on any atom is -0.467 e. The second kappa shape index (κ2) is 8.34. The van der Waals surface area contributed by atoms with E-state index in [1.165, 1.54) is 0 Å². The van der Waals surface area contributed by atoms with Crippen molar-refractivity contribution in [1.82, 2.24) is 19.7 Å². The maximum Gasteiger partial charge on any atom is 0.250 e. The number of aromatic nitrogens is 1. The van der Waals surface area contributed by atoms with Crippen molar-refractivity contribution in [2.75, 3.05) is 32.7 Å². The van der Waals surface area contributed by atoms with Crippen LogP contribution in [0.4, 0.5) is 0 Å². The zero-order chi connectivity index (χ0) is 21.4. The van der Waals surface area contributed by atoms with E-state index in [0.717, 1.165) is 44.1 Å². The molecule has 31 heavy (non-hydrogen) atoms. The summed E-state index contributed by atoms with van der Waals surface area (Å²) in [5.41, 5.74) is 1.23. The van der Waals surface area contributed by atoms with E-state index in [1.54, 1.807) is 23.3 Å². The number of carbonyl (C=O) groups excluding carboxylic acids is 2. The Morgan fingerprint density at radius 1 is 1.10 bits per heavy atom. The van der Waals surface area contributed by atoms with Crippen LogP contribution in [0.1, 0.15) is 30.2 Å². The van der Waals surface area contributed by atoms with Crippen LogP contribution in [0.2, 0.25) is 0 Å². The Morgan fingerprint density at radius 3 is 2.84 bits per heavy atom. The third kappa shape index (κ3) is 4.17. The van der Waals surface area contributed by atoms with Gasteiger partial charge in [-0.3, -0.25) is 14.4 Å². The molecule has 2 saturated heterocycles. The Labute approximate surface area is 180 Å². The first-order chi connectivity index (χ1) is 15.1. The lowest BCUT2D eigenvalue weighted by molar-refractivity contribution is -0.129. The van der Waals surface area contributed by atoms with E-state index < -0.39 is 0 Å². The van der Waals surface area contributed by atoms with Gasteiger partial charge in [0.2, 0.25) is 11.8 Å². The molecule has 0 radical (unpaired) electrons. The second-order valence-electron chi connectivity index (χ2n) is 9.00. The van der Waals surface area contributed by atoms with Gasteiger partial charge in [0.25, 0.3) is 5.56 Å². The van der Waals surface area contributed by atoms with E-state index >= 15 is 0 Å². The van der Waals surface area contributed by atoms with Gasteiger partial charge in [0.1, 0.15) is 5.76 Å². The fourth-order valence-corrected chi connectivity index (χ4v) is 5.35. The van der Waals surface area contributed by atoms with E-state index in [2.05, 4.69) is 16.3 Å². The highest BCUT2D eigenvalue weighted by atomic mass is 16.3. The van der Waals surface area contributed by atoms with Gasteiger partial charge < -0.3 is 24.1 Å². The van der Waals surface area contributed by atoms with Crippen LogP contribution in [-0.2, 0) is 22.7 Å². The van der Waals surface area contributed by atoms with Gasteiger partial charge in [-0.15, -0.1) is 0 Å². The van der Waals surface area contributed by atoms with E-state index in [4.69, 9.17) is 4.42 Å². The van der Waals surface area contributed by atoms with Gasteiger partial charge in [-0.05, 0) is 30.5 Å². The molecule has 1 N–H and O–H groups in total. The molecular formula is C23H28N4O4. The Morgan fingerprint density at radius 2 is 2.00 bits per heavy atom. The van der Waals surface area contributed by atoms with Gasteiger partial charge in [-0.1, -0.05) is 6.07 Å². The molecule has 2 aromatic rings. The summed E-state index contributed by atoms with van der Waals surface area (Å²) in [6, 6.07) is 9.20. The monoisotopic (exact) mass is 424 g/mol. The van der Waals surface area contributed by atoms with Crippen molar-refractivity contribution in [3.8, 4) is 0 Å². The minimum atomic E-state index is -0.304. The summed E-state index contributed by atoms with van der Waals surface area (Å²) in [7, 11) is 0. The van der Waals surface area contributed by atoms with Crippen LogP contribution < -0.4 is 10.9 Å². The normalized spacial score (nSPS) is 25.5. The number of nitrogens with zero attached hydrogens (tertiary/aromatic N) is 3. The van der Waals surface area contributed by atoms with Crippen LogP contribution in [0.3, 0.4) is 0 Å². The Hall–Kier alpha value is -2.87. The highest BCUT2D eigenvalue weighted by molar-refractivity contribution is 5.89. The molecule has 2 aromatic heterocycles. The molecule has 8 heteroatoms. The average Bonchev–Trinajstić information content (AvgIpc) is 3.39. The molecule has 2 fully saturated rings. The molecule has 2 amide bonds. The number of hydrogen-bond acceptors (Lipinski definition) is 5. The number of rotatable bonds is 6. The molecule has 1 unspecified atom stereocenters. The maximum atomic E-state index is 12.6. The maximum absolute atomic E-state index is 12.6. The standard InChI is InChI=1S/C23H28N4O4/c28-21-5-1-4-20-17-9-16(12-27(20)21)11-25(13-17)7-6-24-23(30)18-10-22(29)26(14-18)15-19-3-2-8-31-19/h1-5,8,16-18H,6-7,9-15H2,(H,24,30)/t16-,17+,18?/m1/s1. The lowest BCUT2D eigenvalue weighted by atomic mass is 9.83. The molecule has 3 aliphatic heterocycles. The van der Waals surface area contributed by atoms with Crippen molar-refractivity contribution in [2.45, 2.75) is 31.8 Å². The van der Waals surface area contributed by atoms with Crippen molar-refractivity contribution >= 4 is 11.8 Å². The van der Waals surface area contributed by atoms with E-state index in [9.17, 15) is 14.4 Å². The summed E-state index contributed by atoms with van der Waals surface area (Å²) < 4.78 is 7.25. The van der Waals surface area contributed by atoms with Crippen LogP contribution in [0, 0.1) is 11.8 Å². The smallest absolute Gasteiger partial charge is 0.250 e. The lowest BCUT2D eigenvalue weighted by Gasteiger charge is -2.42. The molecule has 2 bridgehead atoms. The molecular weight excluding hydrogens is 396 g/mol. The number of pyridine rings is 1. The van der Waals surface area contributed by atoms with Gasteiger partial charge in [0.15, 0.2) is 0 Å². The number of carbonyl (C=O) groups is 2. The zero-order valence-electron chi connectivity index (χ0n) is 17.5. The van der Waals surface area contributed by atoms with Gasteiger partial charge in [0, 0.05) is 63.4 Å². The first kappa shape index (κ1) is 20.1. The Kier molecular flexibility index (Phi) is 5.40. The van der Waals surface area contributed by atoms with Gasteiger partial charge in [-0.25, -0.2) is 0 Å². The molecule has 8 nitrogen and oxygen atoms in total. The molecule has 0 aliphatic carbocycles. The third-order valence-electron chi connectivity index (χ3n) is 6.79. The fourth-order valence-electron chi connectivity index (χ4n) is 5.35. The molecule has 0 aromatic carbocycles. The third-order valence-corrected chi connectivity index (χ3v) is 6.79. The molecule has 3 atom stereocenters. The highest BCUT2D eigenvalue weighted by Crippen LogP contribution is 2.34. The topological polar surface area (TPSA) is 87.8 Å². The van der Waals surface area contributed by atoms with Crippen molar-refractivity contribution in [3.63, 3.8) is 0 Å². The van der Waals surface area contributed by atoms with E-state index in [0.29, 0.717) is 31.5 Å². The van der Waals surface area contributed by atoms with Crippen LogP contribution in [0.25, 0.3) is 0 Å². The Bertz CT molecular complexity index is 1010. The van der Waals surface area contributed by atoms with Crippen molar-refractivity contribution in [2.24, 2.45) is 11.8 Å². The molecule has 0 spiro atoms. The van der Waals surface area contributed by atoms with Crippen LogP contribution in [0.5, 0.6) is 0 Å². The number of amides is 2. The minimum absolute atomic E-state index is 0.00527. The summed E-state index contributed by atoms with van der Waals surface area (Å²) in [5, 5.41) is 3.03. The van der Waals surface area contributed by atoms with E-state index in [-0.39, 0.29) is 29.7 Å². The molecule has 5 heterocycles.